The second-order valence-electron chi connectivity index (χ2n) is 4.92. The predicted octanol–water partition coefficient (Wildman–Crippen LogP) is 2.51. The zero-order valence-electron chi connectivity index (χ0n) is 10.5. The van der Waals surface area contributed by atoms with Gasteiger partial charge in [-0.2, -0.15) is 0 Å². The monoisotopic (exact) mass is 239 g/mol. The minimum Gasteiger partial charge on any atom is -0.322 e. The Morgan fingerprint density at radius 1 is 1.28 bits per heavy atom. The van der Waals surface area contributed by atoms with Gasteiger partial charge in [0.15, 0.2) is 0 Å². The van der Waals surface area contributed by atoms with Gasteiger partial charge in [0.25, 0.3) is 0 Å². The van der Waals surface area contributed by atoms with Crippen molar-refractivity contribution in [2.45, 2.75) is 31.7 Å². The van der Waals surface area contributed by atoms with E-state index in [0.717, 1.165) is 29.9 Å². The third-order valence-electron chi connectivity index (χ3n) is 3.69. The predicted molar refractivity (Wildman–Crippen MR) is 71.2 cm³/mol. The van der Waals surface area contributed by atoms with E-state index in [1.807, 2.05) is 37.4 Å². The Morgan fingerprint density at radius 2 is 2.17 bits per heavy atom. The molecule has 3 heteroatoms. The van der Waals surface area contributed by atoms with Gasteiger partial charge >= 0.3 is 0 Å². The van der Waals surface area contributed by atoms with Crippen LogP contribution < -0.4 is 5.73 Å². The number of fused-ring (bicyclic) bond motifs is 1. The quantitative estimate of drug-likeness (QED) is 0.876. The largest absolute Gasteiger partial charge is 0.322 e. The van der Waals surface area contributed by atoms with Gasteiger partial charge in [0.1, 0.15) is 0 Å². The molecule has 0 saturated heterocycles. The zero-order valence-corrected chi connectivity index (χ0v) is 10.5. The maximum atomic E-state index is 6.38. The molecule has 0 amide bonds. The molecule has 2 aromatic rings. The van der Waals surface area contributed by atoms with Crippen molar-refractivity contribution in [2.75, 3.05) is 0 Å². The lowest BCUT2D eigenvalue weighted by molar-refractivity contribution is 0.529. The molecule has 0 radical (unpaired) electrons. The van der Waals surface area contributed by atoms with Crippen LogP contribution in [-0.4, -0.2) is 9.97 Å². The summed E-state index contributed by atoms with van der Waals surface area (Å²) in [6, 6.07) is 10.1. The maximum Gasteiger partial charge on any atom is 0.0581 e. The second kappa shape index (κ2) is 4.50. The van der Waals surface area contributed by atoms with E-state index in [4.69, 9.17) is 5.73 Å². The Hall–Kier alpha value is -1.74. The summed E-state index contributed by atoms with van der Waals surface area (Å²) in [4.78, 5) is 9.04. The van der Waals surface area contributed by atoms with Crippen LogP contribution in [0.5, 0.6) is 0 Å². The molecule has 0 spiro atoms. The minimum atomic E-state index is -0.0546. The topological polar surface area (TPSA) is 51.8 Å². The van der Waals surface area contributed by atoms with Gasteiger partial charge < -0.3 is 5.73 Å². The van der Waals surface area contributed by atoms with Crippen molar-refractivity contribution in [3.05, 3.63) is 59.2 Å². The van der Waals surface area contributed by atoms with E-state index >= 15 is 0 Å². The third kappa shape index (κ3) is 1.91. The summed E-state index contributed by atoms with van der Waals surface area (Å²) in [6.45, 7) is 2.00. The van der Waals surface area contributed by atoms with Crippen LogP contribution in [0.25, 0.3) is 0 Å². The van der Waals surface area contributed by atoms with Crippen molar-refractivity contribution in [3.63, 3.8) is 0 Å². The fourth-order valence-corrected chi connectivity index (χ4v) is 2.75. The average Bonchev–Trinajstić information content (AvgIpc) is 2.82. The molecular formula is C15H17N3. The Balaban J connectivity index is 1.93. The van der Waals surface area contributed by atoms with Gasteiger partial charge in [-0.25, -0.2) is 0 Å². The van der Waals surface area contributed by atoms with E-state index in [9.17, 15) is 0 Å². The van der Waals surface area contributed by atoms with E-state index in [1.54, 1.807) is 0 Å². The van der Waals surface area contributed by atoms with E-state index in [0.29, 0.717) is 5.92 Å². The lowest BCUT2D eigenvalue weighted by Gasteiger charge is -2.19. The molecule has 2 aromatic heterocycles. The molecule has 0 bridgehead atoms. The smallest absolute Gasteiger partial charge is 0.0581 e. The van der Waals surface area contributed by atoms with Crippen LogP contribution in [0.15, 0.2) is 36.5 Å². The first-order chi connectivity index (χ1) is 8.75. The summed E-state index contributed by atoms with van der Waals surface area (Å²) in [7, 11) is 0. The molecule has 2 unspecified atom stereocenters. The highest BCUT2D eigenvalue weighted by atomic mass is 14.8. The third-order valence-corrected chi connectivity index (χ3v) is 3.69. The van der Waals surface area contributed by atoms with Crippen molar-refractivity contribution in [1.82, 2.24) is 9.97 Å². The first-order valence-corrected chi connectivity index (χ1v) is 6.38. The molecule has 3 nitrogen and oxygen atoms in total. The molecule has 0 aliphatic heterocycles. The van der Waals surface area contributed by atoms with Crippen LogP contribution >= 0.6 is 0 Å². The maximum absolute atomic E-state index is 6.38. The lowest BCUT2D eigenvalue weighted by atomic mass is 9.94. The van der Waals surface area contributed by atoms with Crippen LogP contribution in [0.4, 0.5) is 0 Å². The Morgan fingerprint density at radius 3 is 3.00 bits per heavy atom. The number of nitrogens with zero attached hydrogens (tertiary/aromatic N) is 2. The minimum absolute atomic E-state index is 0.0546. The Labute approximate surface area is 107 Å². The molecule has 0 fully saturated rings. The normalized spacial score (nSPS) is 19.6. The number of aromatic nitrogens is 2. The zero-order chi connectivity index (χ0) is 12.5. The molecule has 0 aromatic carbocycles. The number of nitrogens with two attached hydrogens (primary N) is 1. The van der Waals surface area contributed by atoms with Crippen molar-refractivity contribution >= 4 is 0 Å². The summed E-state index contributed by atoms with van der Waals surface area (Å²) >= 11 is 0. The van der Waals surface area contributed by atoms with Gasteiger partial charge in [0.2, 0.25) is 0 Å². The summed E-state index contributed by atoms with van der Waals surface area (Å²) in [5, 5.41) is 0. The first-order valence-electron chi connectivity index (χ1n) is 6.38. The van der Waals surface area contributed by atoms with Crippen LogP contribution in [0.3, 0.4) is 0 Å². The van der Waals surface area contributed by atoms with E-state index < -0.39 is 0 Å². The second-order valence-corrected chi connectivity index (χ2v) is 4.92. The number of pyridine rings is 2. The number of aryl methyl sites for hydroxylation is 2. The molecule has 92 valence electrons. The highest BCUT2D eigenvalue weighted by Gasteiger charge is 2.30. The van der Waals surface area contributed by atoms with Gasteiger partial charge in [-0.3, -0.25) is 9.97 Å². The van der Waals surface area contributed by atoms with E-state index in [2.05, 4.69) is 16.0 Å². The summed E-state index contributed by atoms with van der Waals surface area (Å²) < 4.78 is 0. The molecule has 1 aliphatic rings. The number of hydrogen-bond acceptors (Lipinski definition) is 3. The molecule has 2 heterocycles. The molecule has 3 rings (SSSR count). The average molecular weight is 239 g/mol. The number of hydrogen-bond donors (Lipinski definition) is 1. The first kappa shape index (κ1) is 11.4. The fraction of sp³-hybridized carbons (Fsp3) is 0.333. The molecule has 2 atom stereocenters. The van der Waals surface area contributed by atoms with Gasteiger partial charge in [-0.1, -0.05) is 12.1 Å². The highest BCUT2D eigenvalue weighted by molar-refractivity contribution is 5.31. The molecule has 1 aliphatic carbocycles. The molecule has 18 heavy (non-hydrogen) atoms. The van der Waals surface area contributed by atoms with Crippen molar-refractivity contribution in [1.29, 1.82) is 0 Å². The van der Waals surface area contributed by atoms with Crippen LogP contribution in [0.1, 0.15) is 41.0 Å². The van der Waals surface area contributed by atoms with Gasteiger partial charge in [-0.15, -0.1) is 0 Å². The van der Waals surface area contributed by atoms with Crippen molar-refractivity contribution in [3.8, 4) is 0 Å². The number of rotatable bonds is 2. The van der Waals surface area contributed by atoms with Crippen LogP contribution in [-0.2, 0) is 6.42 Å². The SMILES string of the molecule is Cc1cccc(C(N)C2CCc3cccnc32)n1. The van der Waals surface area contributed by atoms with Crippen LogP contribution in [0.2, 0.25) is 0 Å². The molecule has 0 saturated carbocycles. The summed E-state index contributed by atoms with van der Waals surface area (Å²) in [5.41, 5.74) is 10.9. The van der Waals surface area contributed by atoms with Gasteiger partial charge in [0.05, 0.1) is 11.7 Å². The lowest BCUT2D eigenvalue weighted by Crippen LogP contribution is -2.20. The van der Waals surface area contributed by atoms with Crippen LogP contribution in [0, 0.1) is 6.92 Å². The Kier molecular flexibility index (Phi) is 2.84. The highest BCUT2D eigenvalue weighted by Crippen LogP contribution is 2.38. The Bertz CT molecular complexity index is 565. The van der Waals surface area contributed by atoms with Crippen molar-refractivity contribution in [2.24, 2.45) is 5.73 Å². The fourth-order valence-electron chi connectivity index (χ4n) is 2.75. The summed E-state index contributed by atoms with van der Waals surface area (Å²) in [5.74, 6) is 0.301. The van der Waals surface area contributed by atoms with E-state index in [-0.39, 0.29) is 6.04 Å². The van der Waals surface area contributed by atoms with E-state index in [1.165, 1.54) is 5.56 Å². The molecule has 2 N–H and O–H groups in total. The molecular weight excluding hydrogens is 222 g/mol. The van der Waals surface area contributed by atoms with Crippen molar-refractivity contribution < 1.29 is 0 Å². The van der Waals surface area contributed by atoms with Gasteiger partial charge in [0, 0.05) is 23.5 Å². The standard InChI is InChI=1S/C15H17N3/c1-10-4-2-6-13(18-10)14(16)12-8-7-11-5-3-9-17-15(11)12/h2-6,9,12,14H,7-8,16H2,1H3. The van der Waals surface area contributed by atoms with Gasteiger partial charge in [-0.05, 0) is 43.5 Å². The summed E-state index contributed by atoms with van der Waals surface area (Å²) in [6.07, 6.45) is 4.00.